The Labute approximate surface area is 586 Å². The van der Waals surface area contributed by atoms with Gasteiger partial charge < -0.3 is 69.1 Å². The number of ether oxygens (including phenoxy) is 4. The van der Waals surface area contributed by atoms with E-state index in [-0.39, 0.29) is 52.9 Å². The number of aldehydes is 1. The van der Waals surface area contributed by atoms with E-state index in [1.807, 2.05) is 117 Å². The minimum absolute atomic E-state index is 0.143. The van der Waals surface area contributed by atoms with E-state index >= 15 is 0 Å². The van der Waals surface area contributed by atoms with Gasteiger partial charge in [0.1, 0.15) is 28.7 Å². The number of carbonyl (C=O) groups excluding carboxylic acids is 5. The van der Waals surface area contributed by atoms with E-state index < -0.39 is 16.8 Å². The van der Waals surface area contributed by atoms with Gasteiger partial charge in [-0.2, -0.15) is 0 Å². The fraction of sp³-hybridized carbons (Fsp3) is 0.713. The van der Waals surface area contributed by atoms with Gasteiger partial charge in [-0.1, -0.05) is 91.0 Å². The number of hydrogen-bond donors (Lipinski definition) is 3. The molecule has 3 N–H and O–H groups in total. The lowest BCUT2D eigenvalue weighted by Gasteiger charge is -2.33. The summed E-state index contributed by atoms with van der Waals surface area (Å²) >= 11 is 0. The molecule has 12 atom stereocenters. The maximum absolute atomic E-state index is 13.4. The fourth-order valence-corrected chi connectivity index (χ4v) is 16.6. The van der Waals surface area contributed by atoms with Gasteiger partial charge in [0.15, 0.2) is 0 Å². The lowest BCUT2D eigenvalue weighted by atomic mass is 10.0. The Morgan fingerprint density at radius 1 is 0.459 bits per heavy atom. The number of nitrogens with zero attached hydrogens (tertiary/aromatic N) is 6. The maximum atomic E-state index is 13.4. The molecule has 6 saturated carbocycles. The highest BCUT2D eigenvalue weighted by molar-refractivity contribution is 5.72. The first-order chi connectivity index (χ1) is 46.4. The predicted octanol–water partition coefficient (Wildman–Crippen LogP) is 12.3. The van der Waals surface area contributed by atoms with Crippen LogP contribution in [0.3, 0.4) is 0 Å². The summed E-state index contributed by atoms with van der Waals surface area (Å²) in [6.07, 6.45) is 10.4. The maximum Gasteiger partial charge on any atom is 0.410 e. The first-order valence-corrected chi connectivity index (χ1v) is 37.6. The first-order valence-electron chi connectivity index (χ1n) is 37.6. The van der Waals surface area contributed by atoms with E-state index in [0.29, 0.717) is 47.5 Å². The summed E-state index contributed by atoms with van der Waals surface area (Å²) in [4.78, 5) is 74.6. The van der Waals surface area contributed by atoms with Crippen LogP contribution in [-0.2, 0) is 23.7 Å². The molecule has 6 heterocycles. The van der Waals surface area contributed by atoms with Gasteiger partial charge in [0.2, 0.25) is 0 Å². The zero-order valence-corrected chi connectivity index (χ0v) is 61.4. The standard InChI is InChI=1S/C30H45N3O4.C20H29N3.C19H25NO3.C11H20N2O2/c1-28(2,3)36-26(34)32-17-22-15-31(16-23(22)18-32)19-30(12-13-30)20-33(27(35)37-29(4,5)6)25-14-24(25)21-10-8-7-9-11-21;1-2-4-15(5-3-1)18-8-19(18)22-13-20(6-7-20)14-23-11-16-9-21-10-17(16)12-23;1-18(2,3)23-17(22)20(12-19(13-21)9-10-19)16-11-15(16)14-7-5-4-6-8-14;1-11(2,3)15-10(14)13-6-8-4-12-5-9(8)7-13/h7-11,22-25H,12-20H2,1-6H3;1-5,16-19,21-22H,6-14H2;4-8,13,15-16H,9-12H2,1-3H3;8-9,12H,4-7H2,1-3H3/t22?,23?,24?,25-;16?,17?,18?,19-;15?,16-;/m000./s1. The molecular weight excluding hydrogens is 1230 g/mol. The van der Waals surface area contributed by atoms with Crippen molar-refractivity contribution in [3.8, 4) is 0 Å². The Bertz CT molecular complexity index is 3170. The second kappa shape index (κ2) is 28.9. The van der Waals surface area contributed by atoms with Crippen molar-refractivity contribution in [1.29, 1.82) is 0 Å². The van der Waals surface area contributed by atoms with E-state index in [0.717, 1.165) is 134 Å². The number of amides is 4. The van der Waals surface area contributed by atoms with Gasteiger partial charge in [0.05, 0.1) is 0 Å². The van der Waals surface area contributed by atoms with Gasteiger partial charge in [-0.25, -0.2) is 19.2 Å². The van der Waals surface area contributed by atoms with Crippen molar-refractivity contribution >= 4 is 30.7 Å². The van der Waals surface area contributed by atoms with Gasteiger partial charge in [-0.3, -0.25) is 0 Å². The van der Waals surface area contributed by atoms with Crippen LogP contribution in [0.25, 0.3) is 0 Å². The van der Waals surface area contributed by atoms with E-state index in [1.54, 1.807) is 4.90 Å². The Morgan fingerprint density at radius 3 is 1.19 bits per heavy atom. The third-order valence-corrected chi connectivity index (χ3v) is 22.7. The van der Waals surface area contributed by atoms with Crippen LogP contribution in [-0.4, -0.2) is 212 Å². The molecule has 9 unspecified atom stereocenters. The van der Waals surface area contributed by atoms with Crippen LogP contribution in [0.2, 0.25) is 0 Å². The molecule has 6 aliphatic carbocycles. The van der Waals surface area contributed by atoms with Crippen LogP contribution in [0, 0.1) is 51.8 Å². The molecule has 4 amide bonds. The van der Waals surface area contributed by atoms with Crippen molar-refractivity contribution in [2.75, 3.05) is 111 Å². The molecule has 6 saturated heterocycles. The minimum Gasteiger partial charge on any atom is -0.444 e. The van der Waals surface area contributed by atoms with Crippen molar-refractivity contribution < 1.29 is 42.9 Å². The zero-order valence-electron chi connectivity index (χ0n) is 61.4. The summed E-state index contributed by atoms with van der Waals surface area (Å²) < 4.78 is 22.4. The van der Waals surface area contributed by atoms with E-state index in [4.69, 9.17) is 18.9 Å². The quantitative estimate of drug-likeness (QED) is 0.0859. The van der Waals surface area contributed by atoms with Crippen LogP contribution in [0.15, 0.2) is 91.0 Å². The minimum atomic E-state index is -0.523. The van der Waals surface area contributed by atoms with Crippen molar-refractivity contribution in [3.05, 3.63) is 108 Å². The third-order valence-electron chi connectivity index (χ3n) is 22.7. The Hall–Kier alpha value is -5.79. The van der Waals surface area contributed by atoms with Gasteiger partial charge >= 0.3 is 24.4 Å². The van der Waals surface area contributed by atoms with E-state index in [9.17, 15) is 24.0 Å². The molecule has 0 bridgehead atoms. The van der Waals surface area contributed by atoms with Gasteiger partial charge in [0, 0.05) is 145 Å². The molecule has 3 aromatic rings. The molecule has 18 heteroatoms. The van der Waals surface area contributed by atoms with Crippen LogP contribution in [0.4, 0.5) is 19.2 Å². The summed E-state index contributed by atoms with van der Waals surface area (Å²) in [7, 11) is 0. The largest absolute Gasteiger partial charge is 0.444 e. The molecule has 12 aliphatic rings. The summed E-state index contributed by atoms with van der Waals surface area (Å²) in [5.41, 5.74) is 2.65. The number of hydrogen-bond acceptors (Lipinski definition) is 14. The predicted molar refractivity (Wildman–Crippen MR) is 383 cm³/mol. The lowest BCUT2D eigenvalue weighted by molar-refractivity contribution is -0.112. The smallest absolute Gasteiger partial charge is 0.410 e. The molecule has 6 aliphatic heterocycles. The molecule has 0 radical (unpaired) electrons. The Kier molecular flexibility index (Phi) is 21.3. The number of likely N-dealkylation sites (tertiary alicyclic amines) is 4. The first kappa shape index (κ1) is 72.0. The highest BCUT2D eigenvalue weighted by atomic mass is 16.6. The molecule has 98 heavy (non-hydrogen) atoms. The summed E-state index contributed by atoms with van der Waals surface area (Å²) in [5, 5.41) is 10.8. The molecular formula is C80H119N9O9. The summed E-state index contributed by atoms with van der Waals surface area (Å²) in [5.74, 6) is 5.68. The van der Waals surface area contributed by atoms with Crippen LogP contribution in [0.1, 0.15) is 175 Å². The zero-order chi connectivity index (χ0) is 69.6. The lowest BCUT2D eigenvalue weighted by Crippen LogP contribution is -2.45. The number of benzene rings is 3. The summed E-state index contributed by atoms with van der Waals surface area (Å²) in [6.45, 7) is 40.4. The number of rotatable bonds is 17. The molecule has 0 aromatic heterocycles. The average Bonchev–Trinajstić information content (AvgIpc) is 1.62. The molecule has 3 aromatic carbocycles. The number of nitrogens with one attached hydrogen (secondary N) is 3. The number of carbonyl (C=O) groups is 5. The van der Waals surface area contributed by atoms with Gasteiger partial charge in [0.25, 0.3) is 0 Å². The molecule has 15 rings (SSSR count). The molecule has 0 spiro atoms. The highest BCUT2D eigenvalue weighted by Crippen LogP contribution is 2.54. The third kappa shape index (κ3) is 19.4. The molecule has 18 nitrogen and oxygen atoms in total. The van der Waals surface area contributed by atoms with Crippen molar-refractivity contribution in [2.45, 2.75) is 199 Å². The van der Waals surface area contributed by atoms with E-state index in [1.165, 1.54) is 75.2 Å². The topological polar surface area (TPSA) is 178 Å². The van der Waals surface area contributed by atoms with Crippen LogP contribution in [0.5, 0.6) is 0 Å². The monoisotopic (exact) mass is 1350 g/mol. The average molecular weight is 1350 g/mol. The van der Waals surface area contributed by atoms with Crippen molar-refractivity contribution in [1.82, 2.24) is 45.3 Å². The van der Waals surface area contributed by atoms with Crippen LogP contribution >= 0.6 is 0 Å². The SMILES string of the molecule is CC(C)(C)OC(=O)N(CC1(C=O)CC1)[C@H]1CC1c1ccccc1.CC(C)(C)OC(=O)N1CC2CN(CC3(CN(C(=O)OC(C)(C)C)[C@H]4CC4c4ccccc4)CC3)CC2C1.CC(C)(C)OC(=O)N1CC2CNCC2C1.c1ccc(C2C[C@@H]2NCC2(CN3CC4CNCC4C3)CC2)cc1. The Morgan fingerprint density at radius 2 is 0.816 bits per heavy atom. The normalized spacial score (nSPS) is 30.1. The van der Waals surface area contributed by atoms with E-state index in [2.05, 4.69) is 97.4 Å². The molecule has 12 fully saturated rings. The van der Waals surface area contributed by atoms with Crippen molar-refractivity contribution in [3.63, 3.8) is 0 Å². The second-order valence-corrected chi connectivity index (χ2v) is 36.1. The Balaban J connectivity index is 0.000000131. The second-order valence-electron chi connectivity index (χ2n) is 36.1. The number of fused-ring (bicyclic) bond motifs is 3. The fourth-order valence-electron chi connectivity index (χ4n) is 16.6. The summed E-state index contributed by atoms with van der Waals surface area (Å²) in [6, 6.07) is 32.9. The van der Waals surface area contributed by atoms with Gasteiger partial charge in [-0.05, 0) is 212 Å². The van der Waals surface area contributed by atoms with Crippen LogP contribution < -0.4 is 16.0 Å². The van der Waals surface area contributed by atoms with Crippen molar-refractivity contribution in [2.24, 2.45) is 51.8 Å². The highest BCUT2D eigenvalue weighted by Gasteiger charge is 2.56. The molecule has 538 valence electrons. The van der Waals surface area contributed by atoms with Gasteiger partial charge in [-0.15, -0.1) is 0 Å².